The Hall–Kier alpha value is -3.39. The lowest BCUT2D eigenvalue weighted by Gasteiger charge is -2.38. The number of halogens is 3. The molecule has 6 atom stereocenters. The topological polar surface area (TPSA) is 163 Å². The van der Waals surface area contributed by atoms with Crippen LogP contribution in [0.15, 0.2) is 0 Å². The summed E-state index contributed by atoms with van der Waals surface area (Å²) >= 11 is 0. The van der Waals surface area contributed by atoms with Gasteiger partial charge in [0, 0.05) is 20.0 Å². The van der Waals surface area contributed by atoms with Gasteiger partial charge < -0.3 is 30.9 Å². The number of ketones is 1. The summed E-state index contributed by atoms with van der Waals surface area (Å²) in [5, 5.41) is 9.73. The number of esters is 1. The van der Waals surface area contributed by atoms with Gasteiger partial charge in [0.25, 0.3) is 5.91 Å². The van der Waals surface area contributed by atoms with Crippen molar-refractivity contribution in [2.24, 2.45) is 28.6 Å². The Morgan fingerprint density at radius 3 is 2.06 bits per heavy atom. The number of piperidine rings is 1. The SMILES string of the molecule is CNC(=O)C(=O)C(CCC(F)(F)F)NC(=O)[C@@H]1[C@@H]2[C@H](CN1C(=O)[C@@H](NC(=O)N[C@H](C(=O)OC1CCCC1)C(C)C)C(C)(C)C)C2(C)C. The molecule has 2 saturated carbocycles. The van der Waals surface area contributed by atoms with Crippen LogP contribution in [0.2, 0.25) is 0 Å². The van der Waals surface area contributed by atoms with Gasteiger partial charge in [-0.05, 0) is 60.7 Å². The fourth-order valence-electron chi connectivity index (χ4n) is 6.80. The average Bonchev–Trinajstić information content (AvgIpc) is 3.38. The highest BCUT2D eigenvalue weighted by Crippen LogP contribution is 2.65. The average molecular weight is 674 g/mol. The van der Waals surface area contributed by atoms with E-state index in [1.54, 1.807) is 34.6 Å². The maximum absolute atomic E-state index is 14.2. The van der Waals surface area contributed by atoms with Gasteiger partial charge in [0.15, 0.2) is 0 Å². The van der Waals surface area contributed by atoms with Crippen molar-refractivity contribution >= 4 is 35.5 Å². The molecule has 47 heavy (non-hydrogen) atoms. The maximum Gasteiger partial charge on any atom is 0.389 e. The molecule has 1 heterocycles. The molecule has 15 heteroatoms. The third kappa shape index (κ3) is 9.16. The molecule has 12 nitrogen and oxygen atoms in total. The van der Waals surface area contributed by atoms with Gasteiger partial charge in [-0.1, -0.05) is 48.5 Å². The molecule has 5 amide bonds. The minimum absolute atomic E-state index is 0.115. The number of hydrogen-bond donors (Lipinski definition) is 4. The highest BCUT2D eigenvalue weighted by Gasteiger charge is 2.70. The van der Waals surface area contributed by atoms with E-state index in [4.69, 9.17) is 4.74 Å². The van der Waals surface area contributed by atoms with Crippen LogP contribution in [0.3, 0.4) is 0 Å². The molecule has 0 aromatic carbocycles. The highest BCUT2D eigenvalue weighted by atomic mass is 19.4. The number of rotatable bonds is 12. The largest absolute Gasteiger partial charge is 0.461 e. The van der Waals surface area contributed by atoms with Crippen molar-refractivity contribution in [2.75, 3.05) is 13.6 Å². The first-order chi connectivity index (χ1) is 21.6. The number of Topliss-reactive ketones (excluding diaryl/α,β-unsaturated/α-hetero) is 1. The predicted molar refractivity (Wildman–Crippen MR) is 164 cm³/mol. The molecule has 2 aliphatic carbocycles. The molecule has 4 N–H and O–H groups in total. The first kappa shape index (κ1) is 38.1. The summed E-state index contributed by atoms with van der Waals surface area (Å²) in [6.07, 6.45) is -3.67. The summed E-state index contributed by atoms with van der Waals surface area (Å²) < 4.78 is 44.8. The number of hydrogen-bond acceptors (Lipinski definition) is 7. The quantitative estimate of drug-likeness (QED) is 0.183. The van der Waals surface area contributed by atoms with Crippen LogP contribution in [0.4, 0.5) is 18.0 Å². The zero-order chi connectivity index (χ0) is 35.6. The van der Waals surface area contributed by atoms with Gasteiger partial charge in [0.1, 0.15) is 24.2 Å². The van der Waals surface area contributed by atoms with E-state index in [1.165, 1.54) is 4.90 Å². The van der Waals surface area contributed by atoms with E-state index >= 15 is 0 Å². The van der Waals surface area contributed by atoms with Gasteiger partial charge in [-0.3, -0.25) is 19.2 Å². The van der Waals surface area contributed by atoms with Gasteiger partial charge in [0.2, 0.25) is 17.6 Å². The molecule has 0 bridgehead atoms. The Morgan fingerprint density at radius 2 is 1.55 bits per heavy atom. The minimum Gasteiger partial charge on any atom is -0.461 e. The smallest absolute Gasteiger partial charge is 0.389 e. The van der Waals surface area contributed by atoms with Crippen molar-refractivity contribution in [1.82, 2.24) is 26.2 Å². The number of alkyl halides is 3. The minimum atomic E-state index is -4.64. The molecule has 1 unspecified atom stereocenters. The van der Waals surface area contributed by atoms with Crippen LogP contribution >= 0.6 is 0 Å². The Balaban J connectivity index is 1.81. The second-order valence-corrected chi connectivity index (χ2v) is 15.0. The van der Waals surface area contributed by atoms with Gasteiger partial charge >= 0.3 is 18.2 Å². The summed E-state index contributed by atoms with van der Waals surface area (Å²) in [7, 11) is 1.15. The van der Waals surface area contributed by atoms with Crippen LogP contribution in [0.1, 0.15) is 87.0 Å². The molecule has 1 aliphatic heterocycles. The van der Waals surface area contributed by atoms with Crippen LogP contribution in [0.25, 0.3) is 0 Å². The lowest BCUT2D eigenvalue weighted by molar-refractivity contribution is -0.152. The third-order valence-electron chi connectivity index (χ3n) is 9.74. The number of carbonyl (C=O) groups is 6. The summed E-state index contributed by atoms with van der Waals surface area (Å²) in [5.74, 6) is -5.21. The molecule has 3 fully saturated rings. The zero-order valence-electron chi connectivity index (χ0n) is 28.5. The number of nitrogens with one attached hydrogen (secondary N) is 4. The van der Waals surface area contributed by atoms with E-state index < -0.39 is 84.1 Å². The van der Waals surface area contributed by atoms with Gasteiger partial charge in [0.05, 0.1) is 6.04 Å². The summed E-state index contributed by atoms with van der Waals surface area (Å²) in [5.41, 5.74) is -1.25. The molecule has 3 rings (SSSR count). The van der Waals surface area contributed by atoms with Crippen molar-refractivity contribution in [2.45, 2.75) is 123 Å². The maximum atomic E-state index is 14.2. The number of urea groups is 1. The third-order valence-corrected chi connectivity index (χ3v) is 9.74. The van der Waals surface area contributed by atoms with Crippen LogP contribution < -0.4 is 21.3 Å². The van der Waals surface area contributed by atoms with E-state index in [1.807, 2.05) is 13.8 Å². The Kier molecular flexibility index (Phi) is 11.7. The molecule has 0 spiro atoms. The standard InChI is InChI=1S/C32H50F3N5O7/c1-16(2)21(28(45)47-17-11-9-10-12-17)38-29(46)39-24(30(3,4)5)27(44)40-15-18-20(31(18,6)7)22(40)25(42)37-19(13-14-32(33,34)35)23(41)26(43)36-8/h16-22,24H,9-15H2,1-8H3,(H,36,43)(H,37,42)(H2,38,39,46)/t18-,19?,20-,21-,22-,24+/m0/s1. The van der Waals surface area contributed by atoms with Crippen LogP contribution in [0, 0.1) is 28.6 Å². The van der Waals surface area contributed by atoms with Crippen LogP contribution in [-0.4, -0.2) is 90.4 Å². The van der Waals surface area contributed by atoms with E-state index in [0.29, 0.717) is 0 Å². The van der Waals surface area contributed by atoms with Crippen molar-refractivity contribution in [3.05, 3.63) is 0 Å². The molecule has 3 aliphatic rings. The number of fused-ring (bicyclic) bond motifs is 1. The Bertz CT molecular complexity index is 1230. The second kappa shape index (κ2) is 14.4. The summed E-state index contributed by atoms with van der Waals surface area (Å²) in [4.78, 5) is 80.1. The fraction of sp³-hybridized carbons (Fsp3) is 0.812. The first-order valence-electron chi connectivity index (χ1n) is 16.3. The number of ether oxygens (including phenoxy) is 1. The number of likely N-dealkylation sites (tertiary alicyclic amines) is 1. The Labute approximate surface area is 274 Å². The first-order valence-corrected chi connectivity index (χ1v) is 16.3. The summed E-state index contributed by atoms with van der Waals surface area (Å²) in [6.45, 7) is 12.6. The van der Waals surface area contributed by atoms with Gasteiger partial charge in [-0.15, -0.1) is 0 Å². The normalized spacial score (nSPS) is 24.1. The molecule has 0 aromatic rings. The monoisotopic (exact) mass is 673 g/mol. The zero-order valence-corrected chi connectivity index (χ0v) is 28.5. The van der Waals surface area contributed by atoms with Gasteiger partial charge in [-0.2, -0.15) is 13.2 Å². The predicted octanol–water partition coefficient (Wildman–Crippen LogP) is 2.84. The van der Waals surface area contributed by atoms with Crippen LogP contribution in [0.5, 0.6) is 0 Å². The number of amides is 5. The van der Waals surface area contributed by atoms with Crippen LogP contribution in [-0.2, 0) is 28.7 Å². The molecule has 1 saturated heterocycles. The van der Waals surface area contributed by atoms with Crippen molar-refractivity contribution in [3.63, 3.8) is 0 Å². The molecule has 0 radical (unpaired) electrons. The highest BCUT2D eigenvalue weighted by molar-refractivity contribution is 6.38. The molecular formula is C32H50F3N5O7. The number of likely N-dealkylation sites (N-methyl/N-ethyl adjacent to an activating group) is 1. The van der Waals surface area contributed by atoms with E-state index in [0.717, 1.165) is 32.7 Å². The lowest BCUT2D eigenvalue weighted by atomic mass is 9.85. The van der Waals surface area contributed by atoms with Gasteiger partial charge in [-0.25, -0.2) is 9.59 Å². The van der Waals surface area contributed by atoms with E-state index in [2.05, 4.69) is 21.3 Å². The number of carbonyl (C=O) groups excluding carboxylic acids is 6. The van der Waals surface area contributed by atoms with Crippen molar-refractivity contribution in [1.29, 1.82) is 0 Å². The van der Waals surface area contributed by atoms with Crippen molar-refractivity contribution in [3.8, 4) is 0 Å². The fourth-order valence-corrected chi connectivity index (χ4v) is 6.80. The number of nitrogens with zero attached hydrogens (tertiary/aromatic N) is 1. The van der Waals surface area contributed by atoms with E-state index in [9.17, 15) is 41.9 Å². The summed E-state index contributed by atoms with van der Waals surface area (Å²) in [6, 6.07) is -5.86. The van der Waals surface area contributed by atoms with Crippen molar-refractivity contribution < 1.29 is 46.7 Å². The molecule has 0 aromatic heterocycles. The second-order valence-electron chi connectivity index (χ2n) is 15.0. The lowest BCUT2D eigenvalue weighted by Crippen LogP contribution is -2.62. The molecular weight excluding hydrogens is 623 g/mol. The Morgan fingerprint density at radius 1 is 0.957 bits per heavy atom. The van der Waals surface area contributed by atoms with E-state index in [-0.39, 0.29) is 35.8 Å². The molecule has 266 valence electrons.